The number of aryl methyl sites for hydroxylation is 2. The molecule has 5 heteroatoms. The lowest BCUT2D eigenvalue weighted by Crippen LogP contribution is -2.37. The van der Waals surface area contributed by atoms with Crippen molar-refractivity contribution in [1.82, 2.24) is 14.5 Å². The van der Waals surface area contributed by atoms with Gasteiger partial charge in [-0.15, -0.1) is 0 Å². The predicted octanol–water partition coefficient (Wildman–Crippen LogP) is 1.73. The first-order valence-electron chi connectivity index (χ1n) is 7.25. The van der Waals surface area contributed by atoms with Crippen LogP contribution < -0.4 is 5.32 Å². The van der Waals surface area contributed by atoms with E-state index in [1.807, 2.05) is 6.92 Å². The number of imidazole rings is 1. The molecule has 1 saturated heterocycles. The van der Waals surface area contributed by atoms with Crippen LogP contribution in [0.25, 0.3) is 0 Å². The smallest absolute Gasteiger partial charge is 0.203 e. The Balaban J connectivity index is 1.81. The minimum absolute atomic E-state index is 0.416. The fraction of sp³-hybridized carbons (Fsp3) is 0.786. The molecule has 2 rings (SSSR count). The highest BCUT2D eigenvalue weighted by Crippen LogP contribution is 2.11. The molecule has 0 bridgehead atoms. The maximum atomic E-state index is 5.36. The first-order chi connectivity index (χ1) is 9.15. The monoisotopic (exact) mass is 266 g/mol. The number of nitrogens with zero attached hydrogens (tertiary/aromatic N) is 3. The fourth-order valence-corrected chi connectivity index (χ4v) is 2.38. The van der Waals surface area contributed by atoms with Crippen LogP contribution in [0.3, 0.4) is 0 Å². The van der Waals surface area contributed by atoms with Gasteiger partial charge >= 0.3 is 0 Å². The summed E-state index contributed by atoms with van der Waals surface area (Å²) in [5.74, 6) is 0.995. The molecule has 19 heavy (non-hydrogen) atoms. The number of hydrogen-bond donors (Lipinski definition) is 1. The minimum Gasteiger partial charge on any atom is -0.379 e. The summed E-state index contributed by atoms with van der Waals surface area (Å²) in [6.45, 7) is 12.4. The third kappa shape index (κ3) is 4.51. The van der Waals surface area contributed by atoms with E-state index < -0.39 is 0 Å². The van der Waals surface area contributed by atoms with Crippen LogP contribution in [-0.4, -0.2) is 53.3 Å². The summed E-state index contributed by atoms with van der Waals surface area (Å²) in [4.78, 5) is 7.01. The van der Waals surface area contributed by atoms with Crippen molar-refractivity contribution in [3.63, 3.8) is 0 Å². The van der Waals surface area contributed by atoms with Gasteiger partial charge in [0.25, 0.3) is 0 Å². The van der Waals surface area contributed by atoms with E-state index in [2.05, 4.69) is 39.8 Å². The molecule has 0 spiro atoms. The van der Waals surface area contributed by atoms with Crippen molar-refractivity contribution >= 4 is 5.95 Å². The van der Waals surface area contributed by atoms with E-state index >= 15 is 0 Å². The highest BCUT2D eigenvalue weighted by Gasteiger charge is 2.11. The SMILES string of the molecule is Cc1cn(CCCN2CCOCC2)c(NC(C)C)n1. The number of aromatic nitrogens is 2. The van der Waals surface area contributed by atoms with E-state index in [4.69, 9.17) is 4.74 Å². The van der Waals surface area contributed by atoms with Crippen LogP contribution in [0.2, 0.25) is 0 Å². The van der Waals surface area contributed by atoms with Crippen molar-refractivity contribution < 1.29 is 4.74 Å². The molecule has 108 valence electrons. The van der Waals surface area contributed by atoms with Crippen LogP contribution in [0.4, 0.5) is 5.95 Å². The number of rotatable bonds is 6. The van der Waals surface area contributed by atoms with Gasteiger partial charge in [-0.2, -0.15) is 0 Å². The summed E-state index contributed by atoms with van der Waals surface area (Å²) < 4.78 is 7.60. The molecule has 1 fully saturated rings. The lowest BCUT2D eigenvalue weighted by atomic mass is 10.3. The molecular formula is C14H26N4O. The minimum atomic E-state index is 0.416. The third-order valence-corrected chi connectivity index (χ3v) is 3.29. The maximum Gasteiger partial charge on any atom is 0.203 e. The lowest BCUT2D eigenvalue weighted by molar-refractivity contribution is 0.0369. The second kappa shape index (κ2) is 6.91. The van der Waals surface area contributed by atoms with E-state index in [0.29, 0.717) is 6.04 Å². The molecule has 0 atom stereocenters. The van der Waals surface area contributed by atoms with Crippen LogP contribution in [0, 0.1) is 6.92 Å². The van der Waals surface area contributed by atoms with Gasteiger partial charge in [-0.25, -0.2) is 4.98 Å². The standard InChI is InChI=1S/C14H26N4O/c1-12(2)15-14-16-13(3)11-18(14)6-4-5-17-7-9-19-10-8-17/h11-12H,4-10H2,1-3H3,(H,15,16). The summed E-state index contributed by atoms with van der Waals surface area (Å²) >= 11 is 0. The Morgan fingerprint density at radius 2 is 2.05 bits per heavy atom. The van der Waals surface area contributed by atoms with Gasteiger partial charge in [0.15, 0.2) is 0 Å². The van der Waals surface area contributed by atoms with Gasteiger partial charge in [0.1, 0.15) is 0 Å². The van der Waals surface area contributed by atoms with Gasteiger partial charge in [-0.05, 0) is 27.2 Å². The maximum absolute atomic E-state index is 5.36. The molecular weight excluding hydrogens is 240 g/mol. The fourth-order valence-electron chi connectivity index (χ4n) is 2.38. The number of ether oxygens (including phenoxy) is 1. The van der Waals surface area contributed by atoms with Gasteiger partial charge in [0.2, 0.25) is 5.95 Å². The molecule has 0 aromatic carbocycles. The van der Waals surface area contributed by atoms with Gasteiger partial charge < -0.3 is 14.6 Å². The van der Waals surface area contributed by atoms with Crippen molar-refractivity contribution in [3.8, 4) is 0 Å². The Bertz CT molecular complexity index is 383. The molecule has 1 aliphatic rings. The molecule has 0 unspecified atom stereocenters. The van der Waals surface area contributed by atoms with Crippen LogP contribution in [-0.2, 0) is 11.3 Å². The summed E-state index contributed by atoms with van der Waals surface area (Å²) in [6, 6.07) is 0.416. The number of nitrogens with one attached hydrogen (secondary N) is 1. The molecule has 5 nitrogen and oxygen atoms in total. The predicted molar refractivity (Wildman–Crippen MR) is 77.6 cm³/mol. The summed E-state index contributed by atoms with van der Waals surface area (Å²) in [6.07, 6.45) is 3.28. The number of morpholine rings is 1. The molecule has 0 amide bonds. The summed E-state index contributed by atoms with van der Waals surface area (Å²) in [5.41, 5.74) is 1.08. The van der Waals surface area contributed by atoms with Gasteiger partial charge in [0, 0.05) is 38.4 Å². The zero-order valence-electron chi connectivity index (χ0n) is 12.4. The summed E-state index contributed by atoms with van der Waals surface area (Å²) in [7, 11) is 0. The second-order valence-corrected chi connectivity index (χ2v) is 5.51. The van der Waals surface area contributed by atoms with Crippen LogP contribution in [0.1, 0.15) is 26.0 Å². The van der Waals surface area contributed by atoms with Gasteiger partial charge in [-0.1, -0.05) is 0 Å². The van der Waals surface area contributed by atoms with Crippen LogP contribution >= 0.6 is 0 Å². The van der Waals surface area contributed by atoms with Crippen molar-refractivity contribution in [1.29, 1.82) is 0 Å². The van der Waals surface area contributed by atoms with E-state index in [0.717, 1.165) is 57.5 Å². The topological polar surface area (TPSA) is 42.3 Å². The zero-order chi connectivity index (χ0) is 13.7. The Labute approximate surface area is 116 Å². The first kappa shape index (κ1) is 14.3. The lowest BCUT2D eigenvalue weighted by Gasteiger charge is -2.26. The molecule has 0 radical (unpaired) electrons. The van der Waals surface area contributed by atoms with E-state index in [1.165, 1.54) is 0 Å². The quantitative estimate of drug-likeness (QED) is 0.851. The second-order valence-electron chi connectivity index (χ2n) is 5.51. The van der Waals surface area contributed by atoms with Crippen molar-refractivity contribution in [2.45, 2.75) is 39.8 Å². The average Bonchev–Trinajstić information content (AvgIpc) is 2.70. The van der Waals surface area contributed by atoms with Gasteiger partial charge in [-0.3, -0.25) is 4.90 Å². The van der Waals surface area contributed by atoms with Crippen molar-refractivity contribution in [2.24, 2.45) is 0 Å². The van der Waals surface area contributed by atoms with Crippen molar-refractivity contribution in [3.05, 3.63) is 11.9 Å². The van der Waals surface area contributed by atoms with E-state index in [1.54, 1.807) is 0 Å². The Morgan fingerprint density at radius 1 is 1.32 bits per heavy atom. The zero-order valence-corrected chi connectivity index (χ0v) is 12.4. The third-order valence-electron chi connectivity index (χ3n) is 3.29. The number of hydrogen-bond acceptors (Lipinski definition) is 4. The number of anilines is 1. The molecule has 1 N–H and O–H groups in total. The largest absolute Gasteiger partial charge is 0.379 e. The molecule has 1 aliphatic heterocycles. The average molecular weight is 266 g/mol. The Kier molecular flexibility index (Phi) is 5.22. The normalized spacial score (nSPS) is 17.1. The molecule has 1 aromatic heterocycles. The Hall–Kier alpha value is -1.07. The van der Waals surface area contributed by atoms with E-state index in [-0.39, 0.29) is 0 Å². The molecule has 0 aliphatic carbocycles. The molecule has 1 aromatic rings. The van der Waals surface area contributed by atoms with Gasteiger partial charge in [0.05, 0.1) is 18.9 Å². The Morgan fingerprint density at radius 3 is 2.74 bits per heavy atom. The van der Waals surface area contributed by atoms with Crippen LogP contribution in [0.15, 0.2) is 6.20 Å². The molecule has 2 heterocycles. The summed E-state index contributed by atoms with van der Waals surface area (Å²) in [5, 5.41) is 3.40. The van der Waals surface area contributed by atoms with Crippen LogP contribution in [0.5, 0.6) is 0 Å². The molecule has 0 saturated carbocycles. The highest BCUT2D eigenvalue weighted by atomic mass is 16.5. The van der Waals surface area contributed by atoms with E-state index in [9.17, 15) is 0 Å². The highest BCUT2D eigenvalue weighted by molar-refractivity contribution is 5.29. The first-order valence-corrected chi connectivity index (χ1v) is 7.25. The van der Waals surface area contributed by atoms with Crippen molar-refractivity contribution in [2.75, 3.05) is 38.2 Å².